The number of thiophene rings is 1. The summed E-state index contributed by atoms with van der Waals surface area (Å²) in [6.07, 6.45) is 0. The first kappa shape index (κ1) is 18.7. The minimum atomic E-state index is -3.35. The molecule has 0 bridgehead atoms. The maximum absolute atomic E-state index is 14.8. The van der Waals surface area contributed by atoms with E-state index in [0.717, 1.165) is 16.3 Å². The summed E-state index contributed by atoms with van der Waals surface area (Å²) in [5, 5.41) is 13.4. The normalized spacial score (nSPS) is 16.9. The number of nitrogens with zero attached hydrogens (tertiary/aromatic N) is 3. The number of hydrogen-bond acceptors (Lipinski definition) is 4. The smallest absolute Gasteiger partial charge is 0.277 e. The second-order valence-corrected chi connectivity index (χ2v) is 10.3. The molecular formula is C20H20N3O3PS. The Hall–Kier alpha value is -2.63. The molecular weight excluding hydrogens is 393 g/mol. The van der Waals surface area contributed by atoms with Crippen molar-refractivity contribution in [3.05, 3.63) is 93.2 Å². The van der Waals surface area contributed by atoms with Gasteiger partial charge in [0, 0.05) is 34.3 Å². The SMILES string of the molecule is O=[N+]([O-])CC(c1cccs1)P1(=O)N(c2ccccc2)CCN1c1ccccc1. The molecule has 1 aromatic heterocycles. The first-order chi connectivity index (χ1) is 13.6. The monoisotopic (exact) mass is 413 g/mol. The second-order valence-electron chi connectivity index (χ2n) is 6.55. The molecule has 1 fully saturated rings. The van der Waals surface area contributed by atoms with E-state index in [4.69, 9.17) is 0 Å². The first-order valence-corrected chi connectivity index (χ1v) is 11.6. The number of para-hydroxylation sites is 2. The molecule has 2 aromatic carbocycles. The van der Waals surface area contributed by atoms with E-state index in [1.807, 2.05) is 87.5 Å². The van der Waals surface area contributed by atoms with Crippen LogP contribution in [0.15, 0.2) is 78.2 Å². The van der Waals surface area contributed by atoms with Crippen molar-refractivity contribution in [3.8, 4) is 0 Å². The molecule has 144 valence electrons. The molecule has 0 saturated carbocycles. The van der Waals surface area contributed by atoms with Crippen LogP contribution in [0.1, 0.15) is 10.5 Å². The Morgan fingerprint density at radius 1 is 0.929 bits per heavy atom. The summed E-state index contributed by atoms with van der Waals surface area (Å²) in [6, 6.07) is 22.8. The zero-order valence-corrected chi connectivity index (χ0v) is 16.8. The summed E-state index contributed by atoms with van der Waals surface area (Å²) in [4.78, 5) is 12.0. The van der Waals surface area contributed by atoms with Crippen LogP contribution < -0.4 is 9.34 Å². The third-order valence-corrected chi connectivity index (χ3v) is 9.58. The minimum absolute atomic E-state index is 0.352. The lowest BCUT2D eigenvalue weighted by atomic mass is 10.3. The van der Waals surface area contributed by atoms with Crippen molar-refractivity contribution < 1.29 is 9.49 Å². The Kier molecular flexibility index (Phi) is 5.20. The van der Waals surface area contributed by atoms with Gasteiger partial charge in [0.25, 0.3) is 7.44 Å². The van der Waals surface area contributed by atoms with Gasteiger partial charge >= 0.3 is 0 Å². The fourth-order valence-corrected chi connectivity index (χ4v) is 8.39. The van der Waals surface area contributed by atoms with E-state index >= 15 is 0 Å². The average molecular weight is 413 g/mol. The summed E-state index contributed by atoms with van der Waals surface area (Å²) in [7, 11) is -3.35. The van der Waals surface area contributed by atoms with E-state index in [2.05, 4.69) is 0 Å². The summed E-state index contributed by atoms with van der Waals surface area (Å²) in [5.74, 6) is 0. The van der Waals surface area contributed by atoms with E-state index in [9.17, 15) is 14.7 Å². The Morgan fingerprint density at radius 3 is 1.89 bits per heavy atom. The summed E-state index contributed by atoms with van der Waals surface area (Å²) in [5.41, 5.74) is 0.953. The third kappa shape index (κ3) is 3.32. The lowest BCUT2D eigenvalue weighted by Gasteiger charge is -2.36. The highest BCUT2D eigenvalue weighted by atomic mass is 32.1. The van der Waals surface area contributed by atoms with Crippen molar-refractivity contribution in [1.29, 1.82) is 0 Å². The molecule has 0 spiro atoms. The van der Waals surface area contributed by atoms with Crippen molar-refractivity contribution in [2.75, 3.05) is 29.0 Å². The maximum atomic E-state index is 14.8. The van der Waals surface area contributed by atoms with Crippen LogP contribution in [-0.4, -0.2) is 24.6 Å². The van der Waals surface area contributed by atoms with E-state index < -0.39 is 13.1 Å². The molecule has 0 aliphatic carbocycles. The van der Waals surface area contributed by atoms with E-state index in [-0.39, 0.29) is 11.5 Å². The summed E-state index contributed by atoms with van der Waals surface area (Å²) in [6.45, 7) is 0.732. The standard InChI is InChI=1S/C20H20N3O3PS/c24-23(25)16-19(20-12-7-15-28-20)27(26)21(17-8-3-1-4-9-17)13-14-22(27)18-10-5-2-6-11-18/h1-12,15,19H,13-14,16H2. The van der Waals surface area contributed by atoms with Gasteiger partial charge < -0.3 is 9.34 Å². The average Bonchev–Trinajstić information content (AvgIpc) is 3.36. The van der Waals surface area contributed by atoms with Crippen molar-refractivity contribution in [3.63, 3.8) is 0 Å². The second kappa shape index (κ2) is 7.78. The van der Waals surface area contributed by atoms with E-state index in [0.29, 0.717) is 13.1 Å². The molecule has 0 radical (unpaired) electrons. The fraction of sp³-hybridized carbons (Fsp3) is 0.200. The number of rotatable bonds is 6. The molecule has 0 amide bonds. The number of anilines is 2. The van der Waals surface area contributed by atoms with Gasteiger partial charge in [-0.15, -0.1) is 11.3 Å². The maximum Gasteiger partial charge on any atom is 0.277 e. The highest BCUT2D eigenvalue weighted by Gasteiger charge is 2.52. The first-order valence-electron chi connectivity index (χ1n) is 9.02. The number of hydrogen-bond donors (Lipinski definition) is 0. The third-order valence-electron chi connectivity index (χ3n) is 4.92. The Balaban J connectivity index is 1.87. The fourth-order valence-electron chi connectivity index (χ4n) is 3.72. The number of nitro groups is 1. The Bertz CT molecular complexity index is 931. The van der Waals surface area contributed by atoms with Crippen LogP contribution in [0.25, 0.3) is 0 Å². The largest absolute Gasteiger partial charge is 0.304 e. The van der Waals surface area contributed by atoms with Crippen molar-refractivity contribution >= 4 is 30.2 Å². The van der Waals surface area contributed by atoms with Gasteiger partial charge in [0.2, 0.25) is 6.54 Å². The van der Waals surface area contributed by atoms with Gasteiger partial charge in [-0.2, -0.15) is 0 Å². The molecule has 1 aliphatic rings. The van der Waals surface area contributed by atoms with Gasteiger partial charge in [-0.05, 0) is 35.7 Å². The van der Waals surface area contributed by atoms with Gasteiger partial charge in [-0.1, -0.05) is 42.5 Å². The summed E-state index contributed by atoms with van der Waals surface area (Å²) < 4.78 is 18.5. The van der Waals surface area contributed by atoms with Crippen LogP contribution in [-0.2, 0) is 4.57 Å². The van der Waals surface area contributed by atoms with Gasteiger partial charge in [0.1, 0.15) is 5.66 Å². The van der Waals surface area contributed by atoms with Gasteiger partial charge in [-0.3, -0.25) is 14.7 Å². The van der Waals surface area contributed by atoms with E-state index in [1.165, 1.54) is 11.3 Å². The van der Waals surface area contributed by atoms with Crippen LogP contribution in [0, 0.1) is 10.1 Å². The van der Waals surface area contributed by atoms with Crippen LogP contribution >= 0.6 is 18.8 Å². The zero-order chi connectivity index (χ0) is 19.6. The van der Waals surface area contributed by atoms with E-state index in [1.54, 1.807) is 0 Å². The van der Waals surface area contributed by atoms with Gasteiger partial charge in [0.05, 0.1) is 0 Å². The molecule has 1 unspecified atom stereocenters. The predicted molar refractivity (Wildman–Crippen MR) is 114 cm³/mol. The van der Waals surface area contributed by atoms with Crippen LogP contribution in [0.5, 0.6) is 0 Å². The quantitative estimate of drug-likeness (QED) is 0.312. The predicted octanol–water partition coefficient (Wildman–Crippen LogP) is 5.29. The molecule has 28 heavy (non-hydrogen) atoms. The van der Waals surface area contributed by atoms with Crippen LogP contribution in [0.2, 0.25) is 0 Å². The lowest BCUT2D eigenvalue weighted by Crippen LogP contribution is -2.27. The summed E-state index contributed by atoms with van der Waals surface area (Å²) >= 11 is 1.42. The molecule has 3 aromatic rings. The highest BCUT2D eigenvalue weighted by Crippen LogP contribution is 2.69. The van der Waals surface area contributed by atoms with Crippen molar-refractivity contribution in [2.24, 2.45) is 0 Å². The minimum Gasteiger partial charge on any atom is -0.304 e. The molecule has 8 heteroatoms. The van der Waals surface area contributed by atoms with Crippen LogP contribution in [0.3, 0.4) is 0 Å². The van der Waals surface area contributed by atoms with Gasteiger partial charge in [-0.25, -0.2) is 0 Å². The van der Waals surface area contributed by atoms with Gasteiger partial charge in [0.15, 0.2) is 0 Å². The molecule has 1 atom stereocenters. The lowest BCUT2D eigenvalue weighted by molar-refractivity contribution is -0.480. The Morgan fingerprint density at radius 2 is 1.46 bits per heavy atom. The highest BCUT2D eigenvalue weighted by molar-refractivity contribution is 7.68. The van der Waals surface area contributed by atoms with Crippen molar-refractivity contribution in [2.45, 2.75) is 5.66 Å². The number of benzene rings is 2. The van der Waals surface area contributed by atoms with Crippen molar-refractivity contribution in [1.82, 2.24) is 0 Å². The molecule has 1 aliphatic heterocycles. The molecule has 6 nitrogen and oxygen atoms in total. The molecule has 2 heterocycles. The zero-order valence-electron chi connectivity index (χ0n) is 15.1. The molecule has 4 rings (SSSR count). The molecule has 0 N–H and O–H groups in total. The Labute approximate surface area is 167 Å². The molecule has 1 saturated heterocycles. The topological polar surface area (TPSA) is 66.7 Å². The van der Waals surface area contributed by atoms with Crippen LogP contribution in [0.4, 0.5) is 11.4 Å².